The van der Waals surface area contributed by atoms with Crippen LogP contribution in [0.4, 0.5) is 0 Å². The molecule has 1 heterocycles. The molecule has 5 unspecified atom stereocenters. The Bertz CT molecular complexity index is 819. The molecule has 0 bridgehead atoms. The maximum absolute atomic E-state index is 13.3. The Morgan fingerprint density at radius 2 is 1.66 bits per heavy atom. The van der Waals surface area contributed by atoms with E-state index in [0.29, 0.717) is 24.3 Å². The van der Waals surface area contributed by atoms with E-state index >= 15 is 0 Å². The summed E-state index contributed by atoms with van der Waals surface area (Å²) in [7, 11) is 0. The Kier molecular flexibility index (Phi) is 13.4. The standard InChI is InChI=1S/C23H40N6O5S/c1-6-14(4)19(24)22(32)29-18(10-15-11-25-12-26-15)21(31)28-17(9-13(2)3)20(30)27-16(23(33)34)7-8-35-5/h11-14,16-19H,6-10,24H2,1-5H3,(H,25,26)(H,27,30)(H,28,31)(H,29,32)(H,33,34). The SMILES string of the molecule is CCC(C)C(N)C(=O)NC(Cc1cnc[nH]1)C(=O)NC(CC(C)C)C(=O)NC(CCSC)C(=O)O. The van der Waals surface area contributed by atoms with Crippen LogP contribution < -0.4 is 21.7 Å². The van der Waals surface area contributed by atoms with Crippen LogP contribution in [-0.2, 0) is 25.6 Å². The van der Waals surface area contributed by atoms with E-state index in [1.165, 1.54) is 18.1 Å². The number of carbonyl (C=O) groups is 4. The van der Waals surface area contributed by atoms with Crippen molar-refractivity contribution in [2.45, 2.75) is 77.5 Å². The van der Waals surface area contributed by atoms with Crippen molar-refractivity contribution in [1.29, 1.82) is 0 Å². The predicted molar refractivity (Wildman–Crippen MR) is 136 cm³/mol. The lowest BCUT2D eigenvalue weighted by Gasteiger charge is -2.26. The first-order chi connectivity index (χ1) is 16.5. The Labute approximate surface area is 211 Å². The van der Waals surface area contributed by atoms with Crippen molar-refractivity contribution in [1.82, 2.24) is 25.9 Å². The molecule has 1 aromatic heterocycles. The zero-order chi connectivity index (χ0) is 26.5. The molecular weight excluding hydrogens is 472 g/mol. The number of carboxylic acid groups (broad SMARTS) is 1. The van der Waals surface area contributed by atoms with Gasteiger partial charge in [-0.1, -0.05) is 34.1 Å². The van der Waals surface area contributed by atoms with Gasteiger partial charge in [0.25, 0.3) is 0 Å². The Morgan fingerprint density at radius 1 is 1.06 bits per heavy atom. The summed E-state index contributed by atoms with van der Waals surface area (Å²) in [6, 6.07) is -3.83. The van der Waals surface area contributed by atoms with Crippen molar-refractivity contribution in [3.8, 4) is 0 Å². The second-order valence-electron chi connectivity index (χ2n) is 9.13. The molecule has 198 valence electrons. The lowest BCUT2D eigenvalue weighted by molar-refractivity contribution is -0.142. The molecule has 0 saturated heterocycles. The smallest absolute Gasteiger partial charge is 0.326 e. The Morgan fingerprint density at radius 3 is 2.17 bits per heavy atom. The van der Waals surface area contributed by atoms with Crippen molar-refractivity contribution in [2.75, 3.05) is 12.0 Å². The van der Waals surface area contributed by atoms with Crippen molar-refractivity contribution in [3.05, 3.63) is 18.2 Å². The Hall–Kier alpha value is -2.60. The highest BCUT2D eigenvalue weighted by molar-refractivity contribution is 7.98. The summed E-state index contributed by atoms with van der Waals surface area (Å²) in [5, 5.41) is 17.4. The van der Waals surface area contributed by atoms with Crippen molar-refractivity contribution < 1.29 is 24.3 Å². The van der Waals surface area contributed by atoms with Crippen molar-refractivity contribution in [2.24, 2.45) is 17.6 Å². The van der Waals surface area contributed by atoms with Crippen LogP contribution in [0.25, 0.3) is 0 Å². The number of hydrogen-bond donors (Lipinski definition) is 6. The average Bonchev–Trinajstić information content (AvgIpc) is 3.32. The summed E-state index contributed by atoms with van der Waals surface area (Å²) >= 11 is 1.48. The maximum Gasteiger partial charge on any atom is 0.326 e. The molecule has 0 aliphatic carbocycles. The van der Waals surface area contributed by atoms with Crippen LogP contribution in [0, 0.1) is 11.8 Å². The normalized spacial score (nSPS) is 15.5. The molecule has 35 heavy (non-hydrogen) atoms. The van der Waals surface area contributed by atoms with Gasteiger partial charge < -0.3 is 31.8 Å². The number of nitrogens with two attached hydrogens (primary N) is 1. The molecule has 1 rings (SSSR count). The first-order valence-corrected chi connectivity index (χ1v) is 13.2. The first kappa shape index (κ1) is 30.4. The van der Waals surface area contributed by atoms with Gasteiger partial charge >= 0.3 is 5.97 Å². The number of aromatic nitrogens is 2. The number of aliphatic carboxylic acids is 1. The van der Waals surface area contributed by atoms with Crippen molar-refractivity contribution in [3.63, 3.8) is 0 Å². The zero-order valence-corrected chi connectivity index (χ0v) is 22.0. The van der Waals surface area contributed by atoms with Crippen LogP contribution in [-0.4, -0.2) is 74.9 Å². The largest absolute Gasteiger partial charge is 0.480 e. The van der Waals surface area contributed by atoms with Crippen LogP contribution in [0.15, 0.2) is 12.5 Å². The topological polar surface area (TPSA) is 179 Å². The highest BCUT2D eigenvalue weighted by Crippen LogP contribution is 2.10. The van der Waals surface area contributed by atoms with E-state index in [4.69, 9.17) is 5.73 Å². The fourth-order valence-corrected chi connectivity index (χ4v) is 3.82. The van der Waals surface area contributed by atoms with E-state index in [9.17, 15) is 24.3 Å². The summed E-state index contributed by atoms with van der Waals surface area (Å²) in [5.74, 6) is -2.23. The summed E-state index contributed by atoms with van der Waals surface area (Å²) in [6.45, 7) is 7.56. The third-order valence-corrected chi connectivity index (χ3v) is 6.38. The van der Waals surface area contributed by atoms with E-state index in [1.54, 1.807) is 6.20 Å². The predicted octanol–water partition coefficient (Wildman–Crippen LogP) is 0.664. The third kappa shape index (κ3) is 10.7. The first-order valence-electron chi connectivity index (χ1n) is 11.9. The maximum atomic E-state index is 13.3. The van der Waals surface area contributed by atoms with Gasteiger partial charge in [-0.25, -0.2) is 9.78 Å². The summed E-state index contributed by atoms with van der Waals surface area (Å²) in [6.07, 6.45) is 6.23. The minimum Gasteiger partial charge on any atom is -0.480 e. The van der Waals surface area contributed by atoms with E-state index in [1.807, 2.05) is 34.0 Å². The molecule has 3 amide bonds. The van der Waals surface area contributed by atoms with Gasteiger partial charge in [0, 0.05) is 18.3 Å². The number of amides is 3. The second kappa shape index (κ2) is 15.4. The molecule has 0 radical (unpaired) electrons. The fraction of sp³-hybridized carbons (Fsp3) is 0.696. The number of thioether (sulfide) groups is 1. The molecule has 0 spiro atoms. The van der Waals surface area contributed by atoms with Gasteiger partial charge in [0.1, 0.15) is 18.1 Å². The molecule has 7 N–H and O–H groups in total. The number of carboxylic acids is 1. The van der Waals surface area contributed by atoms with Crippen LogP contribution in [0.3, 0.4) is 0 Å². The number of aromatic amines is 1. The number of nitrogens with one attached hydrogen (secondary N) is 4. The molecule has 0 saturated carbocycles. The minimum absolute atomic E-state index is 0.0417. The molecule has 0 fully saturated rings. The number of hydrogen-bond acceptors (Lipinski definition) is 7. The number of rotatable bonds is 16. The number of nitrogens with zero attached hydrogens (tertiary/aromatic N) is 1. The highest BCUT2D eigenvalue weighted by Gasteiger charge is 2.31. The van der Waals surface area contributed by atoms with Gasteiger partial charge in [0.05, 0.1) is 12.4 Å². The zero-order valence-electron chi connectivity index (χ0n) is 21.2. The molecule has 0 aromatic carbocycles. The number of carbonyl (C=O) groups excluding carboxylic acids is 3. The molecule has 1 aromatic rings. The highest BCUT2D eigenvalue weighted by atomic mass is 32.2. The molecule has 11 nitrogen and oxygen atoms in total. The molecule has 0 aliphatic heterocycles. The minimum atomic E-state index is -1.13. The second-order valence-corrected chi connectivity index (χ2v) is 10.1. The summed E-state index contributed by atoms with van der Waals surface area (Å²) < 4.78 is 0. The van der Waals surface area contributed by atoms with E-state index in [0.717, 1.165) is 0 Å². The number of imidazole rings is 1. The van der Waals surface area contributed by atoms with Crippen molar-refractivity contribution >= 4 is 35.5 Å². The van der Waals surface area contributed by atoms with Gasteiger partial charge in [-0.15, -0.1) is 0 Å². The van der Waals surface area contributed by atoms with Crippen LogP contribution in [0.2, 0.25) is 0 Å². The van der Waals surface area contributed by atoms with Gasteiger partial charge in [0.2, 0.25) is 17.7 Å². The molecular formula is C23H40N6O5S. The van der Waals surface area contributed by atoms with Gasteiger partial charge in [-0.05, 0) is 36.7 Å². The van der Waals surface area contributed by atoms with E-state index in [2.05, 4.69) is 25.9 Å². The van der Waals surface area contributed by atoms with E-state index in [-0.39, 0.29) is 24.7 Å². The van der Waals surface area contributed by atoms with Gasteiger partial charge in [0.15, 0.2) is 0 Å². The Balaban J connectivity index is 3.05. The van der Waals surface area contributed by atoms with Crippen LogP contribution >= 0.6 is 11.8 Å². The monoisotopic (exact) mass is 512 g/mol. The quantitative estimate of drug-likeness (QED) is 0.187. The number of H-pyrrole nitrogens is 1. The lowest BCUT2D eigenvalue weighted by atomic mass is 9.98. The molecule has 5 atom stereocenters. The lowest BCUT2D eigenvalue weighted by Crippen LogP contribution is -2.58. The third-order valence-electron chi connectivity index (χ3n) is 5.74. The van der Waals surface area contributed by atoms with Crippen LogP contribution in [0.1, 0.15) is 52.7 Å². The van der Waals surface area contributed by atoms with Gasteiger partial charge in [-0.2, -0.15) is 11.8 Å². The molecule has 0 aliphatic rings. The summed E-state index contributed by atoms with van der Waals surface area (Å²) in [5.41, 5.74) is 6.67. The average molecular weight is 513 g/mol. The van der Waals surface area contributed by atoms with Gasteiger partial charge in [-0.3, -0.25) is 14.4 Å². The summed E-state index contributed by atoms with van der Waals surface area (Å²) in [4.78, 5) is 57.4. The van der Waals surface area contributed by atoms with E-state index < -0.39 is 47.9 Å². The fourth-order valence-electron chi connectivity index (χ4n) is 3.35. The van der Waals surface area contributed by atoms with Crippen LogP contribution in [0.5, 0.6) is 0 Å². The molecule has 12 heteroatoms.